The van der Waals surface area contributed by atoms with Gasteiger partial charge in [-0.2, -0.15) is 0 Å². The Kier molecular flexibility index (Phi) is 71.7. The summed E-state index contributed by atoms with van der Waals surface area (Å²) in [5.74, 6) is 0.919. The van der Waals surface area contributed by atoms with E-state index in [0.29, 0.717) is 36.2 Å². The van der Waals surface area contributed by atoms with Gasteiger partial charge in [0.15, 0.2) is 0 Å². The Morgan fingerprint density at radius 3 is 1.01 bits per heavy atom. The SMILES string of the molecule is CCc1ccc(/C=C/CCN)cc1.COc1ccc(CCCCN)cc1.Cc1ccc(/C=C/CCN)cc1.Cc1ccc(CCCCN)cc1.NCC/C=C/c1ccccc1Cl.NCC/C=C/c1cccnc1.NCC/C=C/c1ccncc1.NCC/C=C\c1ccc(Cl)cc1.NCCCCc1ccc(Cl)c(Cl)c1.NCCCCc1ccc(Cl)cc1. The highest BCUT2D eigenvalue weighted by Gasteiger charge is 2.01. The lowest BCUT2D eigenvalue weighted by molar-refractivity contribution is 0.414. The van der Waals surface area contributed by atoms with E-state index in [0.717, 1.165) is 186 Å². The van der Waals surface area contributed by atoms with Crippen LogP contribution in [0.3, 0.4) is 0 Å². The second kappa shape index (κ2) is 78.6. The fraction of sp³-hybridized carbons (Fsp3) is 0.320. The van der Waals surface area contributed by atoms with Gasteiger partial charge in [-0.15, -0.1) is 0 Å². The van der Waals surface area contributed by atoms with Crippen molar-refractivity contribution in [3.63, 3.8) is 0 Å². The van der Waals surface area contributed by atoms with Gasteiger partial charge < -0.3 is 62.1 Å². The first-order valence-electron chi connectivity index (χ1n) is 42.3. The van der Waals surface area contributed by atoms with Crippen molar-refractivity contribution < 1.29 is 4.74 Å². The average molecular weight is 1740 g/mol. The van der Waals surface area contributed by atoms with E-state index in [2.05, 4.69) is 176 Å². The van der Waals surface area contributed by atoms with Gasteiger partial charge in [-0.05, 0) is 335 Å². The Morgan fingerprint density at radius 2 is 0.628 bits per heavy atom. The third-order valence-electron chi connectivity index (χ3n) is 17.3. The van der Waals surface area contributed by atoms with Crippen LogP contribution in [0.2, 0.25) is 25.1 Å². The number of pyridine rings is 2. The highest BCUT2D eigenvalue weighted by Crippen LogP contribution is 2.24. The number of aryl methyl sites for hydroxylation is 7. The van der Waals surface area contributed by atoms with Crippen molar-refractivity contribution in [2.24, 2.45) is 57.3 Å². The van der Waals surface area contributed by atoms with Gasteiger partial charge in [0.25, 0.3) is 0 Å². The molecule has 0 atom stereocenters. The van der Waals surface area contributed by atoms with Crippen molar-refractivity contribution in [3.8, 4) is 5.75 Å². The summed E-state index contributed by atoms with van der Waals surface area (Å²) in [5, 5.41) is 3.60. The standard InChI is InChI=1S/C12H17N.C11H17NO.C11H17N.C11H15N.C10H13Cl2N.C10H12ClN.C10H14ClN.C10H12ClN.2C9H12N2/c1-2-11-6-8-12(9-7-11)5-3-4-10-13;1-13-11-7-5-10(6-8-11)4-2-3-9-12;2*1-10-5-7-11(8-6-10)4-2-3-9-12;11-9-5-4-8(7-10(9)12)3-1-2-6-13;11-10-7-2-1-5-9(10)6-3-4-8-12;2*11-10-6-4-9(5-7-10)3-1-2-8-12;10-6-2-1-4-9-5-3-7-11-8-9;10-6-2-1-3-9-4-7-11-8-5-9/h3,5-9H,2,4,10,13H2,1H3;5-8H,2-4,9,12H2,1H3;5-8H,2-4,9,12H2,1H3;2,4-8H,3,9,12H2,1H3;4-5,7H,1-3,6,13H2;1-3,5-7H,4,8,12H2;4-7H,1-3,8,12H2;1,3-7H,2,8,12H2;2*1,3-5,7-8H,2,6,10H2/b5-3+;;;4-2+;;6-3+;;3-1-;4-1+;3-1+. The molecule has 0 aliphatic heterocycles. The maximum atomic E-state index is 5.92. The van der Waals surface area contributed by atoms with E-state index in [-0.39, 0.29) is 0 Å². The van der Waals surface area contributed by atoms with Crippen molar-refractivity contribution in [1.29, 1.82) is 0 Å². The molecule has 18 heteroatoms. The average Bonchev–Trinajstić information content (AvgIpc) is 0.877. The number of methoxy groups -OCH3 is 1. The maximum Gasteiger partial charge on any atom is 0.118 e. The Balaban J connectivity index is 0.000000672. The van der Waals surface area contributed by atoms with Crippen LogP contribution in [0.4, 0.5) is 0 Å². The van der Waals surface area contributed by atoms with Gasteiger partial charge in [-0.3, -0.25) is 9.97 Å². The van der Waals surface area contributed by atoms with E-state index in [4.69, 9.17) is 120 Å². The molecule has 13 nitrogen and oxygen atoms in total. The normalized spacial score (nSPS) is 10.5. The fourth-order valence-corrected chi connectivity index (χ4v) is 11.1. The number of rotatable bonds is 36. The zero-order valence-electron chi connectivity index (χ0n) is 72.4. The molecule has 10 aromatic rings. The Hall–Kier alpha value is -8.65. The van der Waals surface area contributed by atoms with Crippen LogP contribution in [0.5, 0.6) is 5.75 Å². The third-order valence-corrected chi connectivity index (χ3v) is 18.9. The summed E-state index contributed by atoms with van der Waals surface area (Å²) in [7, 11) is 1.68. The van der Waals surface area contributed by atoms with Crippen LogP contribution >= 0.6 is 58.0 Å². The number of nitrogens with two attached hydrogens (primary N) is 10. The molecule has 8 aromatic carbocycles. The highest BCUT2D eigenvalue weighted by molar-refractivity contribution is 6.42. The number of aromatic nitrogens is 2. The summed E-state index contributed by atoms with van der Waals surface area (Å²) < 4.78 is 5.07. The lowest BCUT2D eigenvalue weighted by atomic mass is 10.1. The number of ether oxygens (including phenoxy) is 1. The van der Waals surface area contributed by atoms with Gasteiger partial charge in [0, 0.05) is 39.9 Å². The van der Waals surface area contributed by atoms with Crippen LogP contribution in [-0.4, -0.2) is 82.5 Å². The Labute approximate surface area is 753 Å². The van der Waals surface area contributed by atoms with Crippen LogP contribution < -0.4 is 62.1 Å². The lowest BCUT2D eigenvalue weighted by Gasteiger charge is -2.02. The molecule has 0 saturated carbocycles. The van der Waals surface area contributed by atoms with Crippen LogP contribution in [0.15, 0.2) is 274 Å². The first kappa shape index (κ1) is 110. The van der Waals surface area contributed by atoms with Crippen LogP contribution in [0.25, 0.3) is 36.5 Å². The Bertz CT molecular complexity index is 4070. The molecule has 0 radical (unpaired) electrons. The van der Waals surface area contributed by atoms with E-state index in [1.54, 1.807) is 25.7 Å². The molecule has 0 spiro atoms. The van der Waals surface area contributed by atoms with Crippen LogP contribution in [0.1, 0.15) is 169 Å². The van der Waals surface area contributed by atoms with E-state index >= 15 is 0 Å². The smallest absolute Gasteiger partial charge is 0.118 e. The monoisotopic (exact) mass is 1740 g/mol. The molecule has 0 aliphatic rings. The van der Waals surface area contributed by atoms with E-state index < -0.39 is 0 Å². The number of hydrogen-bond acceptors (Lipinski definition) is 13. The van der Waals surface area contributed by atoms with Gasteiger partial charge >= 0.3 is 0 Å². The summed E-state index contributed by atoms with van der Waals surface area (Å²) in [5.41, 5.74) is 70.1. The van der Waals surface area contributed by atoms with E-state index in [1.807, 2.05) is 146 Å². The van der Waals surface area contributed by atoms with Crippen molar-refractivity contribution in [2.75, 3.05) is 72.6 Å². The first-order chi connectivity index (χ1) is 59.0. The molecule has 2 aromatic heterocycles. The highest BCUT2D eigenvalue weighted by atomic mass is 35.5. The zero-order chi connectivity index (χ0) is 88.7. The minimum absolute atomic E-state index is 0.615. The molecule has 10 rings (SSSR count). The molecule has 0 fully saturated rings. The minimum atomic E-state index is 0.615. The molecule has 121 heavy (non-hydrogen) atoms. The molecule has 0 amide bonds. The largest absolute Gasteiger partial charge is 0.497 e. The molecule has 0 aliphatic carbocycles. The molecule has 654 valence electrons. The molecule has 0 bridgehead atoms. The van der Waals surface area contributed by atoms with Crippen molar-refractivity contribution in [2.45, 2.75) is 143 Å². The van der Waals surface area contributed by atoms with Crippen molar-refractivity contribution in [3.05, 3.63) is 371 Å². The molecule has 0 unspecified atom stereocenters. The van der Waals surface area contributed by atoms with Crippen LogP contribution in [0, 0.1) is 13.8 Å². The van der Waals surface area contributed by atoms with Crippen molar-refractivity contribution >= 4 is 94.5 Å². The van der Waals surface area contributed by atoms with Gasteiger partial charge in [0.1, 0.15) is 5.75 Å². The number of benzene rings is 8. The number of nitrogens with zero attached hydrogens (tertiary/aromatic N) is 2. The summed E-state index contributed by atoms with van der Waals surface area (Å²) >= 11 is 29.1. The summed E-state index contributed by atoms with van der Waals surface area (Å²) in [6.45, 7) is 13.8. The molecule has 20 N–H and O–H groups in total. The minimum Gasteiger partial charge on any atom is -0.497 e. The third kappa shape index (κ3) is 63.0. The predicted molar refractivity (Wildman–Crippen MR) is 535 cm³/mol. The zero-order valence-corrected chi connectivity index (χ0v) is 76.2. The van der Waals surface area contributed by atoms with E-state index in [1.165, 1.54) is 68.5 Å². The quantitative estimate of drug-likeness (QED) is 0.0164. The summed E-state index contributed by atoms with van der Waals surface area (Å²) in [6, 6.07) is 71.1. The lowest BCUT2D eigenvalue weighted by Crippen LogP contribution is -1.98. The molecular weight excluding hydrogens is 1600 g/mol. The fourth-order valence-electron chi connectivity index (χ4n) is 10.3. The summed E-state index contributed by atoms with van der Waals surface area (Å²) in [6.07, 6.45) is 52.0. The van der Waals surface area contributed by atoms with Crippen molar-refractivity contribution in [1.82, 2.24) is 9.97 Å². The second-order valence-electron chi connectivity index (χ2n) is 27.7. The maximum absolute atomic E-state index is 5.92. The summed E-state index contributed by atoms with van der Waals surface area (Å²) in [4.78, 5) is 7.90. The van der Waals surface area contributed by atoms with Gasteiger partial charge in [-0.25, -0.2) is 0 Å². The molecule has 2 heterocycles. The second-order valence-corrected chi connectivity index (χ2v) is 29.8. The number of hydrogen-bond donors (Lipinski definition) is 10. The van der Waals surface area contributed by atoms with Gasteiger partial charge in [0.05, 0.1) is 17.2 Å². The van der Waals surface area contributed by atoms with Crippen LogP contribution in [-0.2, 0) is 32.1 Å². The molecular formula is C103H141Cl5N12O. The number of halogens is 5. The topological polar surface area (TPSA) is 295 Å². The predicted octanol–water partition coefficient (Wildman–Crippen LogP) is 23.4. The Morgan fingerprint density at radius 1 is 0.289 bits per heavy atom. The number of unbranched alkanes of at least 4 members (excludes halogenated alkanes) is 4. The molecule has 0 saturated heterocycles. The van der Waals surface area contributed by atoms with Gasteiger partial charge in [-0.1, -0.05) is 288 Å². The first-order valence-corrected chi connectivity index (χ1v) is 44.2. The van der Waals surface area contributed by atoms with E-state index in [9.17, 15) is 0 Å². The van der Waals surface area contributed by atoms with Gasteiger partial charge in [0.2, 0.25) is 0 Å².